The van der Waals surface area contributed by atoms with Crippen LogP contribution < -0.4 is 0 Å². The van der Waals surface area contributed by atoms with Crippen LogP contribution in [0.3, 0.4) is 0 Å². The Balaban J connectivity index is 5.15. The SMILES string of the molecule is CCC(C)(C)C(=O)OC(CC(C)C)C(F)CC(C)(O)C(F)(F)F. The van der Waals surface area contributed by atoms with E-state index in [1.165, 1.54) is 0 Å². The lowest BCUT2D eigenvalue weighted by Gasteiger charge is -2.32. The number of carbonyl (C=O) groups excluding carboxylic acids is 1. The van der Waals surface area contributed by atoms with E-state index >= 15 is 0 Å². The van der Waals surface area contributed by atoms with E-state index in [0.29, 0.717) is 13.3 Å². The second kappa shape index (κ2) is 7.81. The van der Waals surface area contributed by atoms with Gasteiger partial charge in [-0.15, -0.1) is 0 Å². The molecule has 0 aromatic rings. The minimum atomic E-state index is -4.95. The van der Waals surface area contributed by atoms with E-state index in [1.807, 2.05) is 0 Å². The van der Waals surface area contributed by atoms with Crippen LogP contribution in [-0.2, 0) is 9.53 Å². The molecule has 0 aliphatic rings. The average Bonchev–Trinajstić information content (AvgIpc) is 2.35. The van der Waals surface area contributed by atoms with Crippen molar-refractivity contribution in [1.29, 1.82) is 0 Å². The van der Waals surface area contributed by atoms with E-state index in [4.69, 9.17) is 4.74 Å². The molecular weight excluding hydrogens is 316 g/mol. The van der Waals surface area contributed by atoms with Crippen molar-refractivity contribution in [3.05, 3.63) is 0 Å². The summed E-state index contributed by atoms with van der Waals surface area (Å²) in [5.74, 6) is -0.730. The topological polar surface area (TPSA) is 46.5 Å². The second-order valence-corrected chi connectivity index (χ2v) is 7.30. The van der Waals surface area contributed by atoms with Crippen LogP contribution in [-0.4, -0.2) is 35.1 Å². The molecule has 0 amide bonds. The highest BCUT2D eigenvalue weighted by molar-refractivity contribution is 5.76. The third-order valence-electron chi connectivity index (χ3n) is 4.01. The van der Waals surface area contributed by atoms with Gasteiger partial charge in [-0.2, -0.15) is 13.2 Å². The number of halogens is 4. The van der Waals surface area contributed by atoms with Crippen molar-refractivity contribution in [1.82, 2.24) is 0 Å². The van der Waals surface area contributed by atoms with E-state index in [2.05, 4.69) is 0 Å². The van der Waals surface area contributed by atoms with Crippen LogP contribution in [0.2, 0.25) is 0 Å². The van der Waals surface area contributed by atoms with Gasteiger partial charge in [0.15, 0.2) is 5.60 Å². The first-order valence-corrected chi connectivity index (χ1v) is 7.78. The largest absolute Gasteiger partial charge is 0.459 e. The monoisotopic (exact) mass is 344 g/mol. The summed E-state index contributed by atoms with van der Waals surface area (Å²) in [6, 6.07) is 0. The van der Waals surface area contributed by atoms with E-state index < -0.39 is 41.9 Å². The Hall–Kier alpha value is -0.850. The molecule has 0 radical (unpaired) electrons. The number of alkyl halides is 4. The fourth-order valence-corrected chi connectivity index (χ4v) is 1.80. The van der Waals surface area contributed by atoms with Gasteiger partial charge in [-0.05, 0) is 39.5 Å². The maximum atomic E-state index is 14.4. The molecule has 23 heavy (non-hydrogen) atoms. The van der Waals surface area contributed by atoms with Gasteiger partial charge in [-0.25, -0.2) is 4.39 Å². The molecule has 3 nitrogen and oxygen atoms in total. The molecule has 3 unspecified atom stereocenters. The van der Waals surface area contributed by atoms with E-state index in [9.17, 15) is 27.5 Å². The molecule has 138 valence electrons. The van der Waals surface area contributed by atoms with Crippen molar-refractivity contribution in [3.63, 3.8) is 0 Å². The van der Waals surface area contributed by atoms with Crippen molar-refractivity contribution in [2.24, 2.45) is 11.3 Å². The number of ether oxygens (including phenoxy) is 1. The Bertz CT molecular complexity index is 389. The summed E-state index contributed by atoms with van der Waals surface area (Å²) in [5.41, 5.74) is -4.02. The van der Waals surface area contributed by atoms with E-state index in [0.717, 1.165) is 0 Å². The summed E-state index contributed by atoms with van der Waals surface area (Å²) < 4.78 is 57.6. The molecule has 7 heteroatoms. The normalized spacial score (nSPS) is 18.4. The van der Waals surface area contributed by atoms with Crippen LogP contribution in [0.15, 0.2) is 0 Å². The lowest BCUT2D eigenvalue weighted by Crippen LogP contribution is -2.47. The number of hydrogen-bond acceptors (Lipinski definition) is 3. The highest BCUT2D eigenvalue weighted by Crippen LogP contribution is 2.36. The predicted octanol–water partition coefficient (Wildman–Crippen LogP) is 4.42. The van der Waals surface area contributed by atoms with Crippen molar-refractivity contribution in [2.75, 3.05) is 0 Å². The Kier molecular flexibility index (Phi) is 7.53. The Morgan fingerprint density at radius 1 is 1.17 bits per heavy atom. The summed E-state index contributed by atoms with van der Waals surface area (Å²) >= 11 is 0. The van der Waals surface area contributed by atoms with E-state index in [1.54, 1.807) is 34.6 Å². The van der Waals surface area contributed by atoms with Gasteiger partial charge in [0.1, 0.15) is 12.3 Å². The Labute approximate surface area is 135 Å². The van der Waals surface area contributed by atoms with Crippen LogP contribution in [0.5, 0.6) is 0 Å². The highest BCUT2D eigenvalue weighted by atomic mass is 19.4. The van der Waals surface area contributed by atoms with Crippen molar-refractivity contribution in [3.8, 4) is 0 Å². The van der Waals surface area contributed by atoms with Gasteiger partial charge in [-0.1, -0.05) is 20.8 Å². The smallest absolute Gasteiger partial charge is 0.417 e. The lowest BCUT2D eigenvalue weighted by molar-refractivity contribution is -0.261. The quantitative estimate of drug-likeness (QED) is 0.524. The van der Waals surface area contributed by atoms with Gasteiger partial charge < -0.3 is 9.84 Å². The minimum absolute atomic E-state index is 0.0772. The minimum Gasteiger partial charge on any atom is -0.459 e. The second-order valence-electron chi connectivity index (χ2n) is 7.30. The summed E-state index contributed by atoms with van der Waals surface area (Å²) in [4.78, 5) is 12.1. The number of rotatable bonds is 8. The molecule has 0 aliphatic heterocycles. The molecule has 3 atom stereocenters. The molecule has 0 saturated heterocycles. The summed E-state index contributed by atoms with van der Waals surface area (Å²) in [5, 5.41) is 9.44. The molecule has 1 N–H and O–H groups in total. The molecule has 0 fully saturated rings. The first-order chi connectivity index (χ1) is 10.1. The zero-order valence-electron chi connectivity index (χ0n) is 14.6. The molecule has 0 aromatic carbocycles. The Morgan fingerprint density at radius 3 is 2.00 bits per heavy atom. The summed E-state index contributed by atoms with van der Waals surface area (Å²) in [7, 11) is 0. The van der Waals surface area contributed by atoms with Crippen LogP contribution in [0.4, 0.5) is 17.6 Å². The number of carbonyl (C=O) groups is 1. The standard InChI is InChI=1S/C16H28F4O3/c1-7-14(4,5)13(21)23-12(8-10(2)3)11(17)9-15(6,22)16(18,19)20/h10-12,22H,7-9H2,1-6H3. The van der Waals surface area contributed by atoms with Crippen LogP contribution in [0.25, 0.3) is 0 Å². The zero-order chi connectivity index (χ0) is 18.6. The fraction of sp³-hybridized carbons (Fsp3) is 0.938. The molecule has 0 aliphatic carbocycles. The number of esters is 1. The van der Waals surface area contributed by atoms with Gasteiger partial charge in [0.05, 0.1) is 5.41 Å². The van der Waals surface area contributed by atoms with Crippen molar-refractivity contribution in [2.45, 2.75) is 84.9 Å². The maximum absolute atomic E-state index is 14.4. The third-order valence-corrected chi connectivity index (χ3v) is 4.01. The van der Waals surface area contributed by atoms with Gasteiger partial charge in [-0.3, -0.25) is 4.79 Å². The molecule has 0 spiro atoms. The average molecular weight is 344 g/mol. The zero-order valence-corrected chi connectivity index (χ0v) is 14.6. The molecule has 0 rings (SSSR count). The molecule has 0 saturated carbocycles. The first-order valence-electron chi connectivity index (χ1n) is 7.78. The van der Waals surface area contributed by atoms with Gasteiger partial charge in [0, 0.05) is 6.42 Å². The maximum Gasteiger partial charge on any atom is 0.417 e. The predicted molar refractivity (Wildman–Crippen MR) is 79.6 cm³/mol. The van der Waals surface area contributed by atoms with Gasteiger partial charge >= 0.3 is 12.1 Å². The van der Waals surface area contributed by atoms with Crippen LogP contribution in [0.1, 0.15) is 60.8 Å². The molecule has 0 aromatic heterocycles. The van der Waals surface area contributed by atoms with Crippen molar-refractivity contribution >= 4 is 5.97 Å². The first kappa shape index (κ1) is 22.1. The fourth-order valence-electron chi connectivity index (χ4n) is 1.80. The van der Waals surface area contributed by atoms with Gasteiger partial charge in [0.25, 0.3) is 0 Å². The lowest BCUT2D eigenvalue weighted by atomic mass is 9.89. The van der Waals surface area contributed by atoms with E-state index in [-0.39, 0.29) is 12.3 Å². The summed E-state index contributed by atoms with van der Waals surface area (Å²) in [6.45, 7) is 9.03. The molecule has 0 heterocycles. The van der Waals surface area contributed by atoms with Gasteiger partial charge in [0.2, 0.25) is 0 Å². The molecule has 0 bridgehead atoms. The third kappa shape index (κ3) is 6.65. The Morgan fingerprint density at radius 2 is 1.65 bits per heavy atom. The summed E-state index contributed by atoms with van der Waals surface area (Å²) in [6.07, 6.45) is -9.01. The van der Waals surface area contributed by atoms with Crippen LogP contribution >= 0.6 is 0 Å². The van der Waals surface area contributed by atoms with Crippen LogP contribution in [0, 0.1) is 11.3 Å². The number of hydrogen-bond donors (Lipinski definition) is 1. The highest BCUT2D eigenvalue weighted by Gasteiger charge is 2.52. The van der Waals surface area contributed by atoms with Crippen molar-refractivity contribution < 1.29 is 32.2 Å². The molecular formula is C16H28F4O3. The number of aliphatic hydroxyl groups is 1.